The first kappa shape index (κ1) is 23.6. The summed E-state index contributed by atoms with van der Waals surface area (Å²) < 4.78 is 7.52. The van der Waals surface area contributed by atoms with Crippen LogP contribution in [-0.4, -0.2) is 83.6 Å². The van der Waals surface area contributed by atoms with E-state index in [9.17, 15) is 9.59 Å². The van der Waals surface area contributed by atoms with E-state index in [0.29, 0.717) is 36.6 Å². The third-order valence-electron chi connectivity index (χ3n) is 6.17. The zero-order valence-electron chi connectivity index (χ0n) is 20.2. The number of hydrogen-bond donors (Lipinski definition) is 1. The maximum absolute atomic E-state index is 12.7. The van der Waals surface area contributed by atoms with Gasteiger partial charge in [0, 0.05) is 52.4 Å². The molecule has 0 spiro atoms. The highest BCUT2D eigenvalue weighted by Gasteiger charge is 2.23. The molecule has 0 aliphatic carbocycles. The SMILES string of the molecule is CCn1c(CN2CCN(C(=O)Nc3ccccc3OC)CC2)nc2cc(C(=O)N(C)C)ccc21. The van der Waals surface area contributed by atoms with Gasteiger partial charge in [0.25, 0.3) is 5.91 Å². The summed E-state index contributed by atoms with van der Waals surface area (Å²) in [5, 5.41) is 2.95. The average molecular weight is 465 g/mol. The van der Waals surface area contributed by atoms with Gasteiger partial charge in [0.15, 0.2) is 0 Å². The molecule has 1 aliphatic heterocycles. The summed E-state index contributed by atoms with van der Waals surface area (Å²) in [5.41, 5.74) is 3.17. The molecule has 9 heteroatoms. The molecule has 34 heavy (non-hydrogen) atoms. The molecule has 1 fully saturated rings. The van der Waals surface area contributed by atoms with Gasteiger partial charge in [-0.3, -0.25) is 9.69 Å². The molecular formula is C25H32N6O3. The van der Waals surface area contributed by atoms with Crippen molar-refractivity contribution in [2.45, 2.75) is 20.0 Å². The normalized spacial score (nSPS) is 14.3. The van der Waals surface area contributed by atoms with Crippen molar-refractivity contribution in [3.8, 4) is 5.75 Å². The number of fused-ring (bicyclic) bond motifs is 1. The summed E-state index contributed by atoms with van der Waals surface area (Å²) in [6.07, 6.45) is 0. The number of piperazine rings is 1. The van der Waals surface area contributed by atoms with E-state index in [4.69, 9.17) is 9.72 Å². The predicted molar refractivity (Wildman–Crippen MR) is 132 cm³/mol. The van der Waals surface area contributed by atoms with E-state index in [0.717, 1.165) is 36.5 Å². The maximum atomic E-state index is 12.7. The number of para-hydroxylation sites is 2. The number of hydrogen-bond acceptors (Lipinski definition) is 5. The molecule has 2 aromatic carbocycles. The van der Waals surface area contributed by atoms with Crippen molar-refractivity contribution in [3.63, 3.8) is 0 Å². The number of nitrogens with one attached hydrogen (secondary N) is 1. The lowest BCUT2D eigenvalue weighted by Crippen LogP contribution is -2.49. The van der Waals surface area contributed by atoms with Crippen molar-refractivity contribution < 1.29 is 14.3 Å². The molecule has 0 bridgehead atoms. The number of amides is 3. The van der Waals surface area contributed by atoms with Crippen molar-refractivity contribution in [1.82, 2.24) is 24.3 Å². The number of aromatic nitrogens is 2. The molecular weight excluding hydrogens is 432 g/mol. The van der Waals surface area contributed by atoms with E-state index in [1.807, 2.05) is 47.4 Å². The number of methoxy groups -OCH3 is 1. The molecule has 0 radical (unpaired) electrons. The molecule has 180 valence electrons. The molecule has 1 saturated heterocycles. The Morgan fingerprint density at radius 1 is 1.09 bits per heavy atom. The van der Waals surface area contributed by atoms with Gasteiger partial charge in [-0.05, 0) is 37.3 Å². The highest BCUT2D eigenvalue weighted by Crippen LogP contribution is 2.24. The number of nitrogens with zero attached hydrogens (tertiary/aromatic N) is 5. The Kier molecular flexibility index (Phi) is 7.02. The Morgan fingerprint density at radius 3 is 2.50 bits per heavy atom. The van der Waals surface area contributed by atoms with Crippen LogP contribution >= 0.6 is 0 Å². The molecule has 0 unspecified atom stereocenters. The lowest BCUT2D eigenvalue weighted by atomic mass is 10.2. The van der Waals surface area contributed by atoms with E-state index in [2.05, 4.69) is 21.7 Å². The summed E-state index contributed by atoms with van der Waals surface area (Å²) >= 11 is 0. The monoisotopic (exact) mass is 464 g/mol. The Labute approximate surface area is 199 Å². The van der Waals surface area contributed by atoms with E-state index >= 15 is 0 Å². The summed E-state index contributed by atoms with van der Waals surface area (Å²) in [4.78, 5) is 35.6. The van der Waals surface area contributed by atoms with Crippen molar-refractivity contribution in [2.24, 2.45) is 0 Å². The topological polar surface area (TPSA) is 82.9 Å². The Balaban J connectivity index is 1.41. The number of aryl methyl sites for hydroxylation is 1. The largest absolute Gasteiger partial charge is 0.495 e. The fraction of sp³-hybridized carbons (Fsp3) is 0.400. The quantitative estimate of drug-likeness (QED) is 0.606. The number of ether oxygens (including phenoxy) is 1. The zero-order chi connectivity index (χ0) is 24.2. The van der Waals surface area contributed by atoms with Gasteiger partial charge < -0.3 is 24.4 Å². The van der Waals surface area contributed by atoms with Crippen LogP contribution in [0.5, 0.6) is 5.75 Å². The Hall–Kier alpha value is -3.59. The molecule has 1 N–H and O–H groups in total. The third-order valence-corrected chi connectivity index (χ3v) is 6.17. The Morgan fingerprint density at radius 2 is 1.82 bits per heavy atom. The molecule has 2 heterocycles. The molecule has 4 rings (SSSR count). The summed E-state index contributed by atoms with van der Waals surface area (Å²) in [7, 11) is 5.09. The van der Waals surface area contributed by atoms with Crippen LogP contribution in [-0.2, 0) is 13.1 Å². The third kappa shape index (κ3) is 4.84. The lowest BCUT2D eigenvalue weighted by Gasteiger charge is -2.34. The summed E-state index contributed by atoms with van der Waals surface area (Å²) in [6, 6.07) is 13.0. The second-order valence-corrected chi connectivity index (χ2v) is 8.57. The number of urea groups is 1. The van der Waals surface area contributed by atoms with Gasteiger partial charge in [0.2, 0.25) is 0 Å². The van der Waals surface area contributed by atoms with Gasteiger partial charge in [-0.15, -0.1) is 0 Å². The fourth-order valence-corrected chi connectivity index (χ4v) is 4.30. The van der Waals surface area contributed by atoms with Crippen LogP contribution in [0.4, 0.5) is 10.5 Å². The van der Waals surface area contributed by atoms with Crippen LogP contribution < -0.4 is 10.1 Å². The predicted octanol–water partition coefficient (Wildman–Crippen LogP) is 3.12. The number of benzene rings is 2. The van der Waals surface area contributed by atoms with Gasteiger partial charge in [-0.25, -0.2) is 9.78 Å². The van der Waals surface area contributed by atoms with Crippen molar-refractivity contribution in [2.75, 3.05) is 52.7 Å². The maximum Gasteiger partial charge on any atom is 0.322 e. The summed E-state index contributed by atoms with van der Waals surface area (Å²) in [5.74, 6) is 1.58. The molecule has 3 amide bonds. The number of rotatable bonds is 6. The average Bonchev–Trinajstić information content (AvgIpc) is 3.20. The second-order valence-electron chi connectivity index (χ2n) is 8.57. The zero-order valence-corrected chi connectivity index (χ0v) is 20.2. The van der Waals surface area contributed by atoms with Crippen LogP contribution in [0.15, 0.2) is 42.5 Å². The smallest absolute Gasteiger partial charge is 0.322 e. The number of anilines is 1. The van der Waals surface area contributed by atoms with Gasteiger partial charge >= 0.3 is 6.03 Å². The van der Waals surface area contributed by atoms with Gasteiger partial charge in [0.05, 0.1) is 30.4 Å². The minimum Gasteiger partial charge on any atom is -0.495 e. The number of carbonyl (C=O) groups excluding carboxylic acids is 2. The molecule has 9 nitrogen and oxygen atoms in total. The van der Waals surface area contributed by atoms with E-state index in [1.54, 1.807) is 26.1 Å². The molecule has 0 atom stereocenters. The van der Waals surface area contributed by atoms with E-state index in [1.165, 1.54) is 0 Å². The standard InChI is InChI=1S/C25H32N6O3/c1-5-31-21-11-10-18(24(32)28(2)3)16-20(21)26-23(31)17-29-12-14-30(15-13-29)25(33)27-19-8-6-7-9-22(19)34-4/h6-11,16H,5,12-15,17H2,1-4H3,(H,27,33). The van der Waals surface area contributed by atoms with Crippen LogP contribution in [0.25, 0.3) is 11.0 Å². The van der Waals surface area contributed by atoms with Gasteiger partial charge in [-0.2, -0.15) is 0 Å². The highest BCUT2D eigenvalue weighted by molar-refractivity contribution is 5.97. The first-order chi connectivity index (χ1) is 16.4. The number of carbonyl (C=O) groups is 2. The van der Waals surface area contributed by atoms with Gasteiger partial charge in [0.1, 0.15) is 11.6 Å². The second kappa shape index (κ2) is 10.1. The van der Waals surface area contributed by atoms with Crippen molar-refractivity contribution in [1.29, 1.82) is 0 Å². The minimum absolute atomic E-state index is 0.0305. The van der Waals surface area contributed by atoms with Crippen molar-refractivity contribution in [3.05, 3.63) is 53.9 Å². The lowest BCUT2D eigenvalue weighted by molar-refractivity contribution is 0.0827. The van der Waals surface area contributed by atoms with Crippen LogP contribution in [0.1, 0.15) is 23.1 Å². The van der Waals surface area contributed by atoms with Crippen LogP contribution in [0, 0.1) is 0 Å². The van der Waals surface area contributed by atoms with Crippen LogP contribution in [0.3, 0.4) is 0 Å². The summed E-state index contributed by atoms with van der Waals surface area (Å²) in [6.45, 7) is 6.38. The fourth-order valence-electron chi connectivity index (χ4n) is 4.30. The van der Waals surface area contributed by atoms with Gasteiger partial charge in [-0.1, -0.05) is 12.1 Å². The molecule has 1 aliphatic rings. The minimum atomic E-state index is -0.122. The van der Waals surface area contributed by atoms with Crippen molar-refractivity contribution >= 4 is 28.7 Å². The van der Waals surface area contributed by atoms with E-state index in [-0.39, 0.29) is 11.9 Å². The molecule has 1 aromatic heterocycles. The van der Waals surface area contributed by atoms with Crippen LogP contribution in [0.2, 0.25) is 0 Å². The molecule has 3 aromatic rings. The van der Waals surface area contributed by atoms with E-state index < -0.39 is 0 Å². The Bertz CT molecular complexity index is 1180. The molecule has 0 saturated carbocycles. The number of imidazole rings is 1. The first-order valence-electron chi connectivity index (χ1n) is 11.5. The first-order valence-corrected chi connectivity index (χ1v) is 11.5. The highest BCUT2D eigenvalue weighted by atomic mass is 16.5.